The van der Waals surface area contributed by atoms with Crippen molar-refractivity contribution < 1.29 is 13.9 Å². The van der Waals surface area contributed by atoms with Gasteiger partial charge in [-0.25, -0.2) is 0 Å². The van der Waals surface area contributed by atoms with Crippen LogP contribution < -0.4 is 4.74 Å². The lowest BCUT2D eigenvalue weighted by atomic mass is 9.99. The molecule has 4 rings (SSSR count). The van der Waals surface area contributed by atoms with Crippen molar-refractivity contribution in [1.29, 1.82) is 0 Å². The number of methoxy groups -OCH3 is 1. The minimum atomic E-state index is -0.170. The molecule has 0 amide bonds. The van der Waals surface area contributed by atoms with E-state index in [1.54, 1.807) is 31.5 Å². The Hall–Kier alpha value is -3.40. The van der Waals surface area contributed by atoms with Crippen molar-refractivity contribution in [2.24, 2.45) is 0 Å². The number of hydrogen-bond donors (Lipinski definition) is 0. The number of furan rings is 1. The maximum Gasteiger partial charge on any atom is 0.228 e. The molecule has 4 aromatic rings. The van der Waals surface area contributed by atoms with Gasteiger partial charge in [-0.15, -0.1) is 0 Å². The third-order valence-electron chi connectivity index (χ3n) is 4.05. The minimum Gasteiger partial charge on any atom is -0.497 e. The summed E-state index contributed by atoms with van der Waals surface area (Å²) in [4.78, 5) is 17.4. The number of rotatable bonds is 4. The zero-order chi connectivity index (χ0) is 17.2. The van der Waals surface area contributed by atoms with Gasteiger partial charge >= 0.3 is 0 Å². The largest absolute Gasteiger partial charge is 0.497 e. The molecule has 0 bridgehead atoms. The third kappa shape index (κ3) is 2.68. The number of pyridine rings is 1. The first-order valence-electron chi connectivity index (χ1n) is 7.89. The zero-order valence-electron chi connectivity index (χ0n) is 13.6. The summed E-state index contributed by atoms with van der Waals surface area (Å²) in [6.45, 7) is 0. The molecule has 2 heterocycles. The van der Waals surface area contributed by atoms with Crippen LogP contribution in [0.2, 0.25) is 0 Å². The van der Waals surface area contributed by atoms with Crippen LogP contribution in [0.15, 0.2) is 77.3 Å². The molecular formula is C21H15NO3. The standard InChI is InChI=1S/C21H15NO3/c1-24-16-10-5-9-15(13-16)18-19-17(11-6-12-22-19)25-21(18)20(23)14-7-3-2-4-8-14/h2-13H,1H3. The Morgan fingerprint density at radius 3 is 2.64 bits per heavy atom. The summed E-state index contributed by atoms with van der Waals surface area (Å²) < 4.78 is 11.2. The molecule has 0 aliphatic rings. The van der Waals surface area contributed by atoms with E-state index in [0.29, 0.717) is 28.0 Å². The van der Waals surface area contributed by atoms with Crippen molar-refractivity contribution in [3.05, 3.63) is 84.3 Å². The van der Waals surface area contributed by atoms with E-state index in [1.807, 2.05) is 48.5 Å². The summed E-state index contributed by atoms with van der Waals surface area (Å²) >= 11 is 0. The van der Waals surface area contributed by atoms with Gasteiger partial charge in [0.1, 0.15) is 11.3 Å². The smallest absolute Gasteiger partial charge is 0.228 e. The fourth-order valence-corrected chi connectivity index (χ4v) is 2.86. The summed E-state index contributed by atoms with van der Waals surface area (Å²) in [5, 5.41) is 0. The van der Waals surface area contributed by atoms with Crippen molar-refractivity contribution >= 4 is 16.9 Å². The van der Waals surface area contributed by atoms with E-state index in [2.05, 4.69) is 4.98 Å². The van der Waals surface area contributed by atoms with Gasteiger partial charge in [0.05, 0.1) is 12.7 Å². The number of benzene rings is 2. The quantitative estimate of drug-likeness (QED) is 0.508. The Labute approximate surface area is 144 Å². The molecule has 25 heavy (non-hydrogen) atoms. The van der Waals surface area contributed by atoms with Crippen molar-refractivity contribution in [1.82, 2.24) is 4.98 Å². The summed E-state index contributed by atoms with van der Waals surface area (Å²) in [6, 6.07) is 20.2. The average molecular weight is 329 g/mol. The normalized spacial score (nSPS) is 10.8. The number of hydrogen-bond acceptors (Lipinski definition) is 4. The first-order chi connectivity index (χ1) is 12.3. The molecule has 0 unspecified atom stereocenters. The number of ketones is 1. The van der Waals surface area contributed by atoms with Crippen LogP contribution in [0.1, 0.15) is 16.1 Å². The molecule has 2 aromatic carbocycles. The van der Waals surface area contributed by atoms with Crippen LogP contribution >= 0.6 is 0 Å². The molecule has 4 heteroatoms. The minimum absolute atomic E-state index is 0.170. The van der Waals surface area contributed by atoms with E-state index >= 15 is 0 Å². The number of carbonyl (C=O) groups is 1. The maximum absolute atomic E-state index is 13.0. The van der Waals surface area contributed by atoms with Crippen LogP contribution in [0.25, 0.3) is 22.2 Å². The van der Waals surface area contributed by atoms with E-state index in [9.17, 15) is 4.79 Å². The topological polar surface area (TPSA) is 52.3 Å². The molecule has 0 aliphatic carbocycles. The Morgan fingerprint density at radius 2 is 1.84 bits per heavy atom. The highest BCUT2D eigenvalue weighted by atomic mass is 16.5. The molecule has 0 N–H and O–H groups in total. The van der Waals surface area contributed by atoms with Crippen LogP contribution in [0.5, 0.6) is 5.75 Å². The number of fused-ring (bicyclic) bond motifs is 1. The van der Waals surface area contributed by atoms with Crippen LogP contribution in [0.4, 0.5) is 0 Å². The molecule has 0 saturated heterocycles. The highest BCUT2D eigenvalue weighted by Gasteiger charge is 2.24. The second-order valence-electron chi connectivity index (χ2n) is 5.58. The van der Waals surface area contributed by atoms with Crippen molar-refractivity contribution in [3.8, 4) is 16.9 Å². The van der Waals surface area contributed by atoms with Crippen molar-refractivity contribution in [3.63, 3.8) is 0 Å². The van der Waals surface area contributed by atoms with E-state index in [-0.39, 0.29) is 11.5 Å². The Morgan fingerprint density at radius 1 is 1.00 bits per heavy atom. The molecular weight excluding hydrogens is 314 g/mol. The molecule has 0 saturated carbocycles. The third-order valence-corrected chi connectivity index (χ3v) is 4.05. The van der Waals surface area contributed by atoms with E-state index in [4.69, 9.17) is 9.15 Å². The maximum atomic E-state index is 13.0. The summed E-state index contributed by atoms with van der Waals surface area (Å²) in [6.07, 6.45) is 1.69. The van der Waals surface area contributed by atoms with Crippen molar-refractivity contribution in [2.75, 3.05) is 7.11 Å². The van der Waals surface area contributed by atoms with Crippen LogP contribution in [-0.2, 0) is 0 Å². The van der Waals surface area contributed by atoms with E-state index < -0.39 is 0 Å². The molecule has 122 valence electrons. The van der Waals surface area contributed by atoms with Crippen molar-refractivity contribution in [2.45, 2.75) is 0 Å². The van der Waals surface area contributed by atoms with Gasteiger partial charge in [0, 0.05) is 11.8 Å². The van der Waals surface area contributed by atoms with Crippen LogP contribution in [0.3, 0.4) is 0 Å². The van der Waals surface area contributed by atoms with Gasteiger partial charge in [0.25, 0.3) is 0 Å². The predicted octanol–water partition coefficient (Wildman–Crippen LogP) is 4.73. The van der Waals surface area contributed by atoms with E-state index in [0.717, 1.165) is 5.56 Å². The lowest BCUT2D eigenvalue weighted by Gasteiger charge is -2.05. The van der Waals surface area contributed by atoms with Gasteiger partial charge in [-0.3, -0.25) is 9.78 Å². The molecule has 2 aromatic heterocycles. The monoisotopic (exact) mass is 329 g/mol. The van der Waals surface area contributed by atoms with Crippen LogP contribution in [0, 0.1) is 0 Å². The number of ether oxygens (including phenoxy) is 1. The lowest BCUT2D eigenvalue weighted by Crippen LogP contribution is -2.01. The SMILES string of the molecule is COc1cccc(-c2c(C(=O)c3ccccc3)oc3cccnc23)c1. The van der Waals surface area contributed by atoms with Gasteiger partial charge in [-0.2, -0.15) is 0 Å². The fourth-order valence-electron chi connectivity index (χ4n) is 2.86. The van der Waals surface area contributed by atoms with Gasteiger partial charge in [0.15, 0.2) is 11.3 Å². The number of nitrogens with zero attached hydrogens (tertiary/aromatic N) is 1. The second-order valence-corrected chi connectivity index (χ2v) is 5.58. The first kappa shape index (κ1) is 15.1. The summed E-state index contributed by atoms with van der Waals surface area (Å²) in [5.74, 6) is 0.825. The van der Waals surface area contributed by atoms with Crippen LogP contribution in [-0.4, -0.2) is 17.9 Å². The lowest BCUT2D eigenvalue weighted by molar-refractivity contribution is 0.101. The molecule has 0 radical (unpaired) electrons. The van der Waals surface area contributed by atoms with Gasteiger partial charge in [-0.05, 0) is 29.8 Å². The molecule has 0 atom stereocenters. The molecule has 4 nitrogen and oxygen atoms in total. The van der Waals surface area contributed by atoms with Gasteiger partial charge in [0.2, 0.25) is 5.78 Å². The Kier molecular flexibility index (Phi) is 3.78. The zero-order valence-corrected chi connectivity index (χ0v) is 13.6. The number of carbonyl (C=O) groups excluding carboxylic acids is 1. The number of aromatic nitrogens is 1. The fraction of sp³-hybridized carbons (Fsp3) is 0.0476. The van der Waals surface area contributed by atoms with Gasteiger partial charge in [-0.1, -0.05) is 42.5 Å². The Balaban J connectivity index is 1.97. The average Bonchev–Trinajstić information content (AvgIpc) is 3.07. The highest BCUT2D eigenvalue weighted by Crippen LogP contribution is 2.36. The summed E-state index contributed by atoms with van der Waals surface area (Å²) in [7, 11) is 1.61. The first-order valence-corrected chi connectivity index (χ1v) is 7.89. The van der Waals surface area contributed by atoms with Gasteiger partial charge < -0.3 is 9.15 Å². The highest BCUT2D eigenvalue weighted by molar-refractivity contribution is 6.15. The molecule has 0 fully saturated rings. The molecule has 0 aliphatic heterocycles. The predicted molar refractivity (Wildman–Crippen MR) is 95.9 cm³/mol. The second kappa shape index (κ2) is 6.24. The molecule has 0 spiro atoms. The van der Waals surface area contributed by atoms with E-state index in [1.165, 1.54) is 0 Å². The summed E-state index contributed by atoms with van der Waals surface area (Å²) in [5.41, 5.74) is 3.33. The Bertz CT molecular complexity index is 1050.